The maximum absolute atomic E-state index is 12.0. The molecular formula is C15H11Cl2NO3. The van der Waals surface area contributed by atoms with Crippen LogP contribution in [0.3, 0.4) is 0 Å². The van der Waals surface area contributed by atoms with Gasteiger partial charge in [-0.05, 0) is 17.7 Å². The Morgan fingerprint density at radius 3 is 2.24 bits per heavy atom. The predicted octanol–water partition coefficient (Wildman–Crippen LogP) is 3.87. The zero-order chi connectivity index (χ0) is 15.4. The molecule has 0 spiro atoms. The molecule has 2 rings (SSSR count). The lowest BCUT2D eigenvalue weighted by atomic mass is 10.1. The molecule has 0 aliphatic carbocycles. The number of anilines is 1. The molecule has 2 aromatic rings. The Kier molecular flexibility index (Phi) is 4.83. The molecule has 4 nitrogen and oxygen atoms in total. The van der Waals surface area contributed by atoms with E-state index in [9.17, 15) is 14.7 Å². The third-order valence-corrected chi connectivity index (χ3v) is 3.42. The summed E-state index contributed by atoms with van der Waals surface area (Å²) in [4.78, 5) is 23.3. The second-order valence-corrected chi connectivity index (χ2v) is 5.11. The highest BCUT2D eigenvalue weighted by Crippen LogP contribution is 2.32. The van der Waals surface area contributed by atoms with Gasteiger partial charge in [-0.15, -0.1) is 0 Å². The van der Waals surface area contributed by atoms with Gasteiger partial charge in [0.1, 0.15) is 5.56 Å². The van der Waals surface area contributed by atoms with Gasteiger partial charge in [0.2, 0.25) is 5.91 Å². The van der Waals surface area contributed by atoms with Crippen LogP contribution in [0.2, 0.25) is 10.0 Å². The fourth-order valence-electron chi connectivity index (χ4n) is 1.85. The molecule has 0 atom stereocenters. The average Bonchev–Trinajstić information content (AvgIpc) is 2.43. The molecule has 0 aliphatic rings. The van der Waals surface area contributed by atoms with Gasteiger partial charge in [0.15, 0.2) is 0 Å². The second-order valence-electron chi connectivity index (χ2n) is 4.29. The van der Waals surface area contributed by atoms with Crippen molar-refractivity contribution in [2.45, 2.75) is 6.42 Å². The van der Waals surface area contributed by atoms with Gasteiger partial charge >= 0.3 is 5.97 Å². The minimum absolute atomic E-state index is 0.0117. The van der Waals surface area contributed by atoms with Crippen LogP contribution in [0.5, 0.6) is 0 Å². The number of rotatable bonds is 4. The molecule has 2 N–H and O–H groups in total. The van der Waals surface area contributed by atoms with E-state index in [0.717, 1.165) is 5.56 Å². The highest BCUT2D eigenvalue weighted by molar-refractivity contribution is 6.38. The van der Waals surface area contributed by atoms with Gasteiger partial charge < -0.3 is 10.4 Å². The van der Waals surface area contributed by atoms with Crippen molar-refractivity contribution in [2.24, 2.45) is 0 Å². The van der Waals surface area contributed by atoms with Crippen molar-refractivity contribution in [2.75, 3.05) is 5.32 Å². The average molecular weight is 324 g/mol. The molecule has 0 aromatic heterocycles. The SMILES string of the molecule is O=C(Cc1ccccc1)Nc1c(Cl)ccc(Cl)c1C(=O)O. The number of aromatic carboxylic acids is 1. The summed E-state index contributed by atoms with van der Waals surface area (Å²) in [6.45, 7) is 0. The van der Waals surface area contributed by atoms with Gasteiger partial charge in [0.25, 0.3) is 0 Å². The zero-order valence-corrected chi connectivity index (χ0v) is 12.3. The molecule has 21 heavy (non-hydrogen) atoms. The number of carbonyl (C=O) groups is 2. The Bertz CT molecular complexity index is 687. The number of benzene rings is 2. The number of carboxylic acids is 1. The first-order valence-corrected chi connectivity index (χ1v) is 6.79. The Labute approximate surface area is 131 Å². The first-order chi connectivity index (χ1) is 9.99. The van der Waals surface area contributed by atoms with Crippen molar-refractivity contribution >= 4 is 40.8 Å². The number of amides is 1. The summed E-state index contributed by atoms with van der Waals surface area (Å²) < 4.78 is 0. The molecule has 0 bridgehead atoms. The summed E-state index contributed by atoms with van der Waals surface area (Å²) in [7, 11) is 0. The van der Waals surface area contributed by atoms with Crippen molar-refractivity contribution in [3.8, 4) is 0 Å². The van der Waals surface area contributed by atoms with E-state index < -0.39 is 5.97 Å². The topological polar surface area (TPSA) is 66.4 Å². The third-order valence-electron chi connectivity index (χ3n) is 2.79. The number of carboxylic acid groups (broad SMARTS) is 1. The minimum atomic E-state index is -1.25. The number of hydrogen-bond acceptors (Lipinski definition) is 2. The lowest BCUT2D eigenvalue weighted by Gasteiger charge is -2.11. The van der Waals surface area contributed by atoms with Crippen molar-refractivity contribution in [1.82, 2.24) is 0 Å². The monoisotopic (exact) mass is 323 g/mol. The predicted molar refractivity (Wildman–Crippen MR) is 82.2 cm³/mol. The Balaban J connectivity index is 2.25. The van der Waals surface area contributed by atoms with Crippen molar-refractivity contribution in [1.29, 1.82) is 0 Å². The minimum Gasteiger partial charge on any atom is -0.478 e. The van der Waals surface area contributed by atoms with Crippen LogP contribution in [0.1, 0.15) is 15.9 Å². The first kappa shape index (κ1) is 15.4. The van der Waals surface area contributed by atoms with Gasteiger partial charge in [-0.2, -0.15) is 0 Å². The highest BCUT2D eigenvalue weighted by Gasteiger charge is 2.19. The standard InChI is InChI=1S/C15H11Cl2NO3/c16-10-6-7-11(17)14(13(10)15(20)21)18-12(19)8-9-4-2-1-3-5-9/h1-7H,8H2,(H,18,19)(H,20,21). The van der Waals surface area contributed by atoms with Crippen LogP contribution < -0.4 is 5.32 Å². The molecule has 0 radical (unpaired) electrons. The summed E-state index contributed by atoms with van der Waals surface area (Å²) in [6.07, 6.45) is 0.114. The fourth-order valence-corrected chi connectivity index (χ4v) is 2.29. The molecule has 0 fully saturated rings. The normalized spacial score (nSPS) is 10.2. The lowest BCUT2D eigenvalue weighted by molar-refractivity contribution is -0.115. The largest absolute Gasteiger partial charge is 0.478 e. The summed E-state index contributed by atoms with van der Waals surface area (Å²) in [5.74, 6) is -1.62. The molecule has 0 heterocycles. The van der Waals surface area contributed by atoms with Gasteiger partial charge in [-0.3, -0.25) is 4.79 Å². The zero-order valence-electron chi connectivity index (χ0n) is 10.8. The maximum Gasteiger partial charge on any atom is 0.339 e. The van der Waals surface area contributed by atoms with Crippen LogP contribution in [0, 0.1) is 0 Å². The first-order valence-electron chi connectivity index (χ1n) is 6.04. The number of halogens is 2. The highest BCUT2D eigenvalue weighted by atomic mass is 35.5. The van der Waals surface area contributed by atoms with E-state index in [1.165, 1.54) is 12.1 Å². The van der Waals surface area contributed by atoms with Crippen molar-refractivity contribution < 1.29 is 14.7 Å². The maximum atomic E-state index is 12.0. The summed E-state index contributed by atoms with van der Waals surface area (Å²) in [6, 6.07) is 11.9. The Morgan fingerprint density at radius 2 is 1.62 bits per heavy atom. The molecule has 0 saturated carbocycles. The molecule has 1 amide bonds. The van der Waals surface area contributed by atoms with Gasteiger partial charge in [0, 0.05) is 0 Å². The molecule has 2 aromatic carbocycles. The van der Waals surface area contributed by atoms with E-state index in [1.54, 1.807) is 12.1 Å². The van der Waals surface area contributed by atoms with Crippen LogP contribution >= 0.6 is 23.2 Å². The van der Waals surface area contributed by atoms with Gasteiger partial charge in [0.05, 0.1) is 22.2 Å². The van der Waals surface area contributed by atoms with E-state index >= 15 is 0 Å². The third kappa shape index (κ3) is 3.74. The van der Waals surface area contributed by atoms with Crippen LogP contribution in [0.25, 0.3) is 0 Å². The summed E-state index contributed by atoms with van der Waals surface area (Å²) in [5.41, 5.74) is 0.605. The van der Waals surface area contributed by atoms with Crippen molar-refractivity contribution in [3.63, 3.8) is 0 Å². The van der Waals surface area contributed by atoms with E-state index in [2.05, 4.69) is 5.32 Å². The quantitative estimate of drug-likeness (QED) is 0.897. The molecule has 108 valence electrons. The van der Waals surface area contributed by atoms with Gasteiger partial charge in [-0.25, -0.2) is 4.79 Å². The number of carbonyl (C=O) groups excluding carboxylic acids is 1. The van der Waals surface area contributed by atoms with Crippen LogP contribution in [-0.4, -0.2) is 17.0 Å². The van der Waals surface area contributed by atoms with E-state index in [4.69, 9.17) is 23.2 Å². The summed E-state index contributed by atoms with van der Waals surface area (Å²) >= 11 is 11.8. The molecule has 0 aliphatic heterocycles. The fraction of sp³-hybridized carbons (Fsp3) is 0.0667. The van der Waals surface area contributed by atoms with Crippen molar-refractivity contribution in [3.05, 3.63) is 63.6 Å². The number of nitrogens with one attached hydrogen (secondary N) is 1. The Hall–Kier alpha value is -2.04. The smallest absolute Gasteiger partial charge is 0.339 e. The van der Waals surface area contributed by atoms with E-state index in [1.807, 2.05) is 18.2 Å². The van der Waals surface area contributed by atoms with Crippen LogP contribution in [-0.2, 0) is 11.2 Å². The molecule has 0 unspecified atom stereocenters. The lowest BCUT2D eigenvalue weighted by Crippen LogP contribution is -2.17. The second kappa shape index (κ2) is 6.61. The molecule has 6 heteroatoms. The van der Waals surface area contributed by atoms with Crippen LogP contribution in [0.4, 0.5) is 5.69 Å². The summed E-state index contributed by atoms with van der Waals surface area (Å²) in [5, 5.41) is 11.8. The van der Waals surface area contributed by atoms with E-state index in [-0.39, 0.29) is 33.6 Å². The number of hydrogen-bond donors (Lipinski definition) is 2. The van der Waals surface area contributed by atoms with E-state index in [0.29, 0.717) is 0 Å². The Morgan fingerprint density at radius 1 is 1.00 bits per heavy atom. The van der Waals surface area contributed by atoms with Crippen LogP contribution in [0.15, 0.2) is 42.5 Å². The van der Waals surface area contributed by atoms with Gasteiger partial charge in [-0.1, -0.05) is 53.5 Å². The molecular weight excluding hydrogens is 313 g/mol. The molecule has 0 saturated heterocycles.